The van der Waals surface area contributed by atoms with Crippen molar-refractivity contribution in [3.63, 3.8) is 0 Å². The van der Waals surface area contributed by atoms with Gasteiger partial charge in [0.15, 0.2) is 15.5 Å². The second-order valence-electron chi connectivity index (χ2n) is 4.92. The van der Waals surface area contributed by atoms with Gasteiger partial charge in [-0.1, -0.05) is 0 Å². The van der Waals surface area contributed by atoms with Crippen molar-refractivity contribution in [2.45, 2.75) is 4.21 Å². The Morgan fingerprint density at radius 2 is 1.91 bits per heavy atom. The lowest BCUT2D eigenvalue weighted by Gasteiger charge is -2.06. The van der Waals surface area contributed by atoms with Gasteiger partial charge in [-0.05, 0) is 36.4 Å². The molecule has 3 aromatic rings. The average molecular weight is 344 g/mol. The molecule has 2 aromatic heterocycles. The fourth-order valence-corrected chi connectivity index (χ4v) is 4.01. The number of aromatic nitrogens is 2. The molecule has 23 heavy (non-hydrogen) atoms. The normalized spacial score (nSPS) is 11.3. The van der Waals surface area contributed by atoms with Crippen LogP contribution >= 0.6 is 11.3 Å². The first-order valence-electron chi connectivity index (χ1n) is 6.55. The minimum Gasteiger partial charge on any atom is -0.399 e. The minimum absolute atomic E-state index is 0.256. The fourth-order valence-electron chi connectivity index (χ4n) is 2.08. The van der Waals surface area contributed by atoms with Gasteiger partial charge in [0.25, 0.3) is 0 Å². The molecule has 116 valence electrons. The Kier molecular flexibility index (Phi) is 3.67. The van der Waals surface area contributed by atoms with E-state index in [9.17, 15) is 8.42 Å². The maximum atomic E-state index is 11.7. The van der Waals surface area contributed by atoms with Crippen LogP contribution in [0.25, 0.3) is 16.3 Å². The van der Waals surface area contributed by atoms with E-state index in [1.807, 2.05) is 6.07 Å². The third-order valence-corrected chi connectivity index (χ3v) is 6.09. The zero-order valence-electron chi connectivity index (χ0n) is 12.1. The Labute approximate surface area is 137 Å². The zero-order chi connectivity index (χ0) is 16.6. The van der Waals surface area contributed by atoms with E-state index in [0.717, 1.165) is 21.9 Å². The van der Waals surface area contributed by atoms with Gasteiger partial charge in [-0.3, -0.25) is 0 Å². The van der Waals surface area contributed by atoms with Crippen LogP contribution in [0.4, 0.5) is 5.69 Å². The molecule has 6 nitrogen and oxygen atoms in total. The molecule has 0 atom stereocenters. The topological polar surface area (TPSA) is 102 Å². The standard InChI is InChI=1S/C15H12N4O2S2/c1-23(20,21)15-7-6-14(22-15)13-8-11(9-16)18-19(13)12-4-2-10(17)3-5-12/h2-8H,17H2,1H3. The van der Waals surface area contributed by atoms with Crippen LogP contribution in [-0.4, -0.2) is 24.5 Å². The maximum absolute atomic E-state index is 11.7. The largest absolute Gasteiger partial charge is 0.399 e. The lowest BCUT2D eigenvalue weighted by Crippen LogP contribution is -1.99. The van der Waals surface area contributed by atoms with Gasteiger partial charge < -0.3 is 5.73 Å². The number of nitrogens with zero attached hydrogens (tertiary/aromatic N) is 3. The van der Waals surface area contributed by atoms with Crippen LogP contribution in [0.2, 0.25) is 0 Å². The number of thiophene rings is 1. The van der Waals surface area contributed by atoms with Crippen LogP contribution in [-0.2, 0) is 9.84 Å². The molecule has 0 aliphatic heterocycles. The van der Waals surface area contributed by atoms with Crippen LogP contribution in [0.15, 0.2) is 46.7 Å². The smallest absolute Gasteiger partial charge is 0.184 e. The van der Waals surface area contributed by atoms with E-state index < -0.39 is 9.84 Å². The molecule has 1 aromatic carbocycles. The highest BCUT2D eigenvalue weighted by Crippen LogP contribution is 2.32. The van der Waals surface area contributed by atoms with E-state index in [4.69, 9.17) is 11.0 Å². The Balaban J connectivity index is 2.16. The average Bonchev–Trinajstić information content (AvgIpc) is 3.14. The molecule has 8 heteroatoms. The summed E-state index contributed by atoms with van der Waals surface area (Å²) in [5, 5.41) is 13.4. The highest BCUT2D eigenvalue weighted by Gasteiger charge is 2.16. The number of nitriles is 1. The Bertz CT molecular complexity index is 1010. The summed E-state index contributed by atoms with van der Waals surface area (Å²) in [5.74, 6) is 0. The lowest BCUT2D eigenvalue weighted by molar-refractivity contribution is 0.604. The van der Waals surface area contributed by atoms with Crippen molar-refractivity contribution in [3.8, 4) is 22.3 Å². The van der Waals surface area contributed by atoms with Gasteiger partial charge in [0, 0.05) is 18.0 Å². The lowest BCUT2D eigenvalue weighted by atomic mass is 10.2. The molecule has 2 heterocycles. The molecular weight excluding hydrogens is 332 g/mol. The molecule has 0 spiro atoms. The van der Waals surface area contributed by atoms with E-state index in [2.05, 4.69) is 5.10 Å². The van der Waals surface area contributed by atoms with E-state index in [0.29, 0.717) is 11.4 Å². The first-order valence-corrected chi connectivity index (χ1v) is 9.25. The van der Waals surface area contributed by atoms with Crippen molar-refractivity contribution in [1.82, 2.24) is 9.78 Å². The van der Waals surface area contributed by atoms with Crippen molar-refractivity contribution in [3.05, 3.63) is 48.2 Å². The first kappa shape index (κ1) is 15.3. The van der Waals surface area contributed by atoms with Gasteiger partial charge in [0.1, 0.15) is 10.3 Å². The van der Waals surface area contributed by atoms with Gasteiger partial charge in [-0.25, -0.2) is 13.1 Å². The molecule has 3 rings (SSSR count). The Morgan fingerprint density at radius 3 is 2.48 bits per heavy atom. The first-order chi connectivity index (χ1) is 10.9. The van der Waals surface area contributed by atoms with Crippen molar-refractivity contribution in [2.75, 3.05) is 12.0 Å². The van der Waals surface area contributed by atoms with Gasteiger partial charge in [-0.2, -0.15) is 10.4 Å². The summed E-state index contributed by atoms with van der Waals surface area (Å²) >= 11 is 1.15. The molecule has 0 aliphatic carbocycles. The number of hydrogen-bond donors (Lipinski definition) is 1. The quantitative estimate of drug-likeness (QED) is 0.735. The number of nitrogen functional groups attached to an aromatic ring is 1. The van der Waals surface area contributed by atoms with E-state index in [-0.39, 0.29) is 9.90 Å². The monoisotopic (exact) mass is 344 g/mol. The van der Waals surface area contributed by atoms with Gasteiger partial charge >= 0.3 is 0 Å². The van der Waals surface area contributed by atoms with Crippen molar-refractivity contribution >= 4 is 26.9 Å². The van der Waals surface area contributed by atoms with E-state index >= 15 is 0 Å². The van der Waals surface area contributed by atoms with Gasteiger partial charge in [0.2, 0.25) is 0 Å². The molecule has 0 radical (unpaired) electrons. The molecule has 0 bridgehead atoms. The van der Waals surface area contributed by atoms with E-state index in [1.165, 1.54) is 6.26 Å². The SMILES string of the molecule is CS(=O)(=O)c1ccc(-c2cc(C#N)nn2-c2ccc(N)cc2)s1. The predicted molar refractivity (Wildman–Crippen MR) is 89.1 cm³/mol. The third-order valence-electron chi connectivity index (χ3n) is 3.16. The summed E-state index contributed by atoms with van der Waals surface area (Å²) in [6.07, 6.45) is 1.17. The molecule has 0 amide bonds. The molecule has 0 saturated heterocycles. The molecule has 0 saturated carbocycles. The summed E-state index contributed by atoms with van der Waals surface area (Å²) in [4.78, 5) is 0.719. The maximum Gasteiger partial charge on any atom is 0.184 e. The number of sulfone groups is 1. The van der Waals surface area contributed by atoms with E-state index in [1.54, 1.807) is 47.1 Å². The summed E-state index contributed by atoms with van der Waals surface area (Å²) in [5.41, 5.74) is 7.97. The van der Waals surface area contributed by atoms with Crippen LogP contribution in [0.3, 0.4) is 0 Å². The number of rotatable bonds is 3. The van der Waals surface area contributed by atoms with Crippen molar-refractivity contribution in [2.24, 2.45) is 0 Å². The molecule has 0 aliphatic rings. The van der Waals surface area contributed by atoms with Crippen LogP contribution in [0.1, 0.15) is 5.69 Å². The highest BCUT2D eigenvalue weighted by molar-refractivity contribution is 7.92. The summed E-state index contributed by atoms with van der Waals surface area (Å²) in [6, 6.07) is 14.0. The number of benzene rings is 1. The Hall–Kier alpha value is -2.63. The summed E-state index contributed by atoms with van der Waals surface area (Å²) in [7, 11) is -3.26. The zero-order valence-corrected chi connectivity index (χ0v) is 13.7. The number of anilines is 1. The van der Waals surface area contributed by atoms with Gasteiger partial charge in [-0.15, -0.1) is 11.3 Å². The Morgan fingerprint density at radius 1 is 1.22 bits per heavy atom. The van der Waals surface area contributed by atoms with Crippen LogP contribution in [0.5, 0.6) is 0 Å². The van der Waals surface area contributed by atoms with Crippen LogP contribution in [0, 0.1) is 11.3 Å². The highest BCUT2D eigenvalue weighted by atomic mass is 32.2. The van der Waals surface area contributed by atoms with Gasteiger partial charge in [0.05, 0.1) is 16.3 Å². The predicted octanol–water partition coefficient (Wildman–Crippen LogP) is 2.46. The minimum atomic E-state index is -3.26. The second-order valence-corrected chi connectivity index (χ2v) is 8.25. The molecule has 0 fully saturated rings. The summed E-state index contributed by atoms with van der Waals surface area (Å²) < 4.78 is 25.2. The number of hydrogen-bond acceptors (Lipinski definition) is 6. The second kappa shape index (κ2) is 5.53. The van der Waals surface area contributed by atoms with Crippen molar-refractivity contribution < 1.29 is 8.42 Å². The summed E-state index contributed by atoms with van der Waals surface area (Å²) in [6.45, 7) is 0. The number of nitrogens with two attached hydrogens (primary N) is 1. The molecule has 2 N–H and O–H groups in total. The molecular formula is C15H12N4O2S2. The molecule has 0 unspecified atom stereocenters. The van der Waals surface area contributed by atoms with Crippen molar-refractivity contribution in [1.29, 1.82) is 5.26 Å². The fraction of sp³-hybridized carbons (Fsp3) is 0.0667. The van der Waals surface area contributed by atoms with Crippen LogP contribution < -0.4 is 5.73 Å². The third kappa shape index (κ3) is 2.97.